The molecule has 0 aliphatic rings. The molecule has 0 radical (unpaired) electrons. The number of aromatic amines is 1. The fourth-order valence-corrected chi connectivity index (χ4v) is 0.969. The first-order chi connectivity index (χ1) is 6.33. The molecule has 1 N–H and O–H groups in total. The second-order valence-corrected chi connectivity index (χ2v) is 2.28. The fourth-order valence-electron chi connectivity index (χ4n) is 0.969. The van der Waals surface area contributed by atoms with E-state index in [0.29, 0.717) is 5.65 Å². The van der Waals surface area contributed by atoms with E-state index in [1.807, 2.05) is 0 Å². The third kappa shape index (κ3) is 0.745. The van der Waals surface area contributed by atoms with E-state index in [9.17, 15) is 5.21 Å². The van der Waals surface area contributed by atoms with Crippen molar-refractivity contribution in [3.8, 4) is 0 Å². The molecule has 0 aromatic carbocycles. The van der Waals surface area contributed by atoms with Gasteiger partial charge in [0.05, 0.1) is 15.2 Å². The third-order valence-electron chi connectivity index (χ3n) is 1.48. The molecule has 0 saturated heterocycles. The van der Waals surface area contributed by atoms with Gasteiger partial charge in [-0.25, -0.2) is 0 Å². The lowest BCUT2D eigenvalue weighted by Gasteiger charge is -1.78. The van der Waals surface area contributed by atoms with E-state index in [0.717, 1.165) is 0 Å². The van der Waals surface area contributed by atoms with Crippen molar-refractivity contribution in [1.82, 2.24) is 30.5 Å². The zero-order chi connectivity index (χ0) is 8.84. The Hall–Kier alpha value is -2.32. The molecular weight excluding hydrogens is 178 g/mol. The lowest BCUT2D eigenvalue weighted by Crippen LogP contribution is -2.30. The number of hydrogen-bond donors (Lipinski definition) is 1. The van der Waals surface area contributed by atoms with Gasteiger partial charge in [0.1, 0.15) is 0 Å². The molecule has 0 aliphatic heterocycles. The van der Waals surface area contributed by atoms with Crippen molar-refractivity contribution in [3.05, 3.63) is 5.21 Å². The summed E-state index contributed by atoms with van der Waals surface area (Å²) in [4.78, 5) is 7.91. The highest BCUT2D eigenvalue weighted by atomic mass is 16.6. The Kier molecular flexibility index (Phi) is 0.902. The van der Waals surface area contributed by atoms with Crippen LogP contribution in [0.15, 0.2) is 4.63 Å². The Morgan fingerprint density at radius 1 is 1.15 bits per heavy atom. The van der Waals surface area contributed by atoms with Crippen molar-refractivity contribution < 1.29 is 9.59 Å². The number of nitrogens with one attached hydrogen (secondary N) is 1. The van der Waals surface area contributed by atoms with Gasteiger partial charge in [0.2, 0.25) is 11.3 Å². The lowest BCUT2D eigenvalue weighted by atomic mass is 10.6. The molecule has 3 aromatic heterocycles. The van der Waals surface area contributed by atoms with Gasteiger partial charge in [-0.05, 0) is 5.16 Å². The van der Waals surface area contributed by atoms with E-state index < -0.39 is 0 Å². The van der Waals surface area contributed by atoms with Gasteiger partial charge in [-0.1, -0.05) is 0 Å². The van der Waals surface area contributed by atoms with Crippen molar-refractivity contribution in [3.63, 3.8) is 0 Å². The fraction of sp³-hybridized carbons (Fsp3) is 0. The van der Waals surface area contributed by atoms with E-state index in [-0.39, 0.29) is 21.9 Å². The second kappa shape index (κ2) is 1.88. The maximum absolute atomic E-state index is 10.7. The van der Waals surface area contributed by atoms with Crippen LogP contribution in [0.3, 0.4) is 0 Å². The molecule has 13 heavy (non-hydrogen) atoms. The van der Waals surface area contributed by atoms with Crippen molar-refractivity contribution in [2.75, 3.05) is 0 Å². The van der Waals surface area contributed by atoms with Gasteiger partial charge < -0.3 is 5.21 Å². The van der Waals surface area contributed by atoms with Crippen LogP contribution in [0.25, 0.3) is 22.6 Å². The minimum Gasteiger partial charge on any atom is -0.569 e. The highest BCUT2D eigenvalue weighted by molar-refractivity contribution is 5.75. The predicted octanol–water partition coefficient (Wildman–Crippen LogP) is -1.48. The molecule has 0 unspecified atom stereocenters. The van der Waals surface area contributed by atoms with E-state index in [1.54, 1.807) is 0 Å². The smallest absolute Gasteiger partial charge is 0.277 e. The summed E-state index contributed by atoms with van der Waals surface area (Å²) in [5, 5.41) is 23.4. The van der Waals surface area contributed by atoms with Gasteiger partial charge >= 0.3 is 0 Å². The van der Waals surface area contributed by atoms with Crippen LogP contribution in [-0.4, -0.2) is 30.5 Å². The van der Waals surface area contributed by atoms with Gasteiger partial charge in [0, 0.05) is 0 Å². The number of rotatable bonds is 0. The second-order valence-electron chi connectivity index (χ2n) is 2.28. The van der Waals surface area contributed by atoms with Gasteiger partial charge in [-0.3, -0.25) is 4.63 Å². The van der Waals surface area contributed by atoms with E-state index >= 15 is 0 Å². The summed E-state index contributed by atoms with van der Waals surface area (Å²) in [6, 6.07) is 0. The zero-order valence-electron chi connectivity index (χ0n) is 6.00. The number of fused-ring (bicyclic) bond motifs is 2. The molecule has 3 aromatic rings. The number of H-pyrrole nitrogens is 1. The Morgan fingerprint density at radius 2 is 1.92 bits per heavy atom. The number of aromatic nitrogens is 7. The van der Waals surface area contributed by atoms with Crippen LogP contribution in [0, 0.1) is 5.21 Å². The molecule has 64 valence electrons. The van der Waals surface area contributed by atoms with Crippen LogP contribution in [0.2, 0.25) is 0 Å². The highest BCUT2D eigenvalue weighted by Crippen LogP contribution is 2.06. The van der Waals surface area contributed by atoms with Gasteiger partial charge in [0.25, 0.3) is 11.3 Å². The molecule has 0 amide bonds. The Balaban J connectivity index is 2.54. The summed E-state index contributed by atoms with van der Waals surface area (Å²) in [7, 11) is 0. The molecule has 3 heterocycles. The first-order valence-electron chi connectivity index (χ1n) is 3.28. The van der Waals surface area contributed by atoms with Crippen LogP contribution in [0.4, 0.5) is 0 Å². The monoisotopic (exact) mass is 179 g/mol. The standard InChI is InChI=1S/C4HN7O2/c12-11-7-1-2(8-11)6-4-3(5-1)9-13-10-4/h(H,5,6,7,8,9,10). The molecule has 0 fully saturated rings. The number of hydrogen-bond acceptors (Lipinski definition) is 7. The van der Waals surface area contributed by atoms with Crippen LogP contribution < -0.4 is 4.96 Å². The zero-order valence-corrected chi connectivity index (χ0v) is 6.00. The van der Waals surface area contributed by atoms with Crippen molar-refractivity contribution in [2.24, 2.45) is 0 Å². The molecule has 0 saturated carbocycles. The number of nitrogens with zero attached hydrogens (tertiary/aromatic N) is 6. The average Bonchev–Trinajstić information content (AvgIpc) is 2.63. The quantitative estimate of drug-likeness (QED) is 0.330. The third-order valence-corrected chi connectivity index (χ3v) is 1.48. The minimum absolute atomic E-state index is 0.143. The molecule has 0 aliphatic carbocycles. The molecule has 9 heteroatoms. The summed E-state index contributed by atoms with van der Waals surface area (Å²) in [6.45, 7) is 0. The summed E-state index contributed by atoms with van der Waals surface area (Å²) in [5.74, 6) is 0. The normalized spacial score (nSPS) is 11.4. The van der Waals surface area contributed by atoms with Gasteiger partial charge in [0.15, 0.2) is 0 Å². The van der Waals surface area contributed by atoms with E-state index in [1.165, 1.54) is 0 Å². The Labute approximate surface area is 68.9 Å². The van der Waals surface area contributed by atoms with Crippen molar-refractivity contribution in [2.45, 2.75) is 0 Å². The van der Waals surface area contributed by atoms with Crippen molar-refractivity contribution >= 4 is 22.6 Å². The topological polar surface area (TPSA) is 120 Å². The van der Waals surface area contributed by atoms with Gasteiger partial charge in [-0.2, -0.15) is 15.1 Å². The van der Waals surface area contributed by atoms with Crippen LogP contribution in [-0.2, 0) is 0 Å². The van der Waals surface area contributed by atoms with Gasteiger partial charge in [-0.15, -0.1) is 0 Å². The van der Waals surface area contributed by atoms with Crippen LogP contribution in [0.5, 0.6) is 0 Å². The van der Waals surface area contributed by atoms with E-state index in [4.69, 9.17) is 0 Å². The summed E-state index contributed by atoms with van der Waals surface area (Å²) < 4.78 is 4.50. The van der Waals surface area contributed by atoms with E-state index in [2.05, 4.69) is 35.1 Å². The highest BCUT2D eigenvalue weighted by Gasteiger charge is 2.13. The predicted molar refractivity (Wildman–Crippen MR) is 36.0 cm³/mol. The SMILES string of the molecule is [O-][n+]1nc2nc3no[nH]c3nc2n1. The maximum atomic E-state index is 10.7. The molecule has 0 atom stereocenters. The Morgan fingerprint density at radius 3 is 2.77 bits per heavy atom. The Bertz CT molecular complexity index is 534. The maximum Gasteiger partial charge on any atom is 0.277 e. The van der Waals surface area contributed by atoms with Crippen molar-refractivity contribution in [1.29, 1.82) is 0 Å². The lowest BCUT2D eigenvalue weighted by molar-refractivity contribution is -0.720. The molecular formula is C4HN7O2. The molecule has 3 rings (SSSR count). The summed E-state index contributed by atoms with van der Waals surface area (Å²) in [6.07, 6.45) is 0. The summed E-state index contributed by atoms with van der Waals surface area (Å²) in [5.41, 5.74) is 0.882. The molecule has 0 bridgehead atoms. The first kappa shape index (κ1) is 6.22. The van der Waals surface area contributed by atoms with Crippen LogP contribution >= 0.6 is 0 Å². The largest absolute Gasteiger partial charge is 0.569 e. The average molecular weight is 179 g/mol. The van der Waals surface area contributed by atoms with Crippen LogP contribution in [0.1, 0.15) is 0 Å². The molecule has 9 nitrogen and oxygen atoms in total. The first-order valence-corrected chi connectivity index (χ1v) is 3.28. The molecule has 0 spiro atoms. The minimum atomic E-state index is 0.143. The summed E-state index contributed by atoms with van der Waals surface area (Å²) >= 11 is 0.